The first kappa shape index (κ1) is 19.0. The van der Waals surface area contributed by atoms with E-state index in [4.69, 9.17) is 13.6 Å². The maximum atomic E-state index is 12.2. The summed E-state index contributed by atoms with van der Waals surface area (Å²) in [5.74, 6) is 1.42. The van der Waals surface area contributed by atoms with Crippen LogP contribution in [-0.4, -0.2) is 55.2 Å². The molecule has 2 aromatic heterocycles. The Morgan fingerprint density at radius 2 is 2.00 bits per heavy atom. The molecule has 8 heteroatoms. The highest BCUT2D eigenvalue weighted by atomic mass is 32.2. The summed E-state index contributed by atoms with van der Waals surface area (Å²) in [5.41, 5.74) is 1.60. The van der Waals surface area contributed by atoms with Crippen molar-refractivity contribution in [1.29, 1.82) is 0 Å². The van der Waals surface area contributed by atoms with E-state index in [1.165, 1.54) is 11.8 Å². The summed E-state index contributed by atoms with van der Waals surface area (Å²) in [4.78, 5) is 19.0. The summed E-state index contributed by atoms with van der Waals surface area (Å²) in [6, 6.07) is 11.2. The molecule has 1 aliphatic rings. The van der Waals surface area contributed by atoms with Crippen molar-refractivity contribution in [3.63, 3.8) is 0 Å². The van der Waals surface area contributed by atoms with Crippen LogP contribution in [0.5, 0.6) is 0 Å². The Bertz CT molecular complexity index is 884. The van der Waals surface area contributed by atoms with Gasteiger partial charge in [0.15, 0.2) is 11.3 Å². The number of hydrogen-bond donors (Lipinski definition) is 1. The van der Waals surface area contributed by atoms with E-state index in [2.05, 4.69) is 15.2 Å². The number of hydrogen-bond acceptors (Lipinski definition) is 7. The molecule has 0 spiro atoms. The molecule has 28 heavy (non-hydrogen) atoms. The van der Waals surface area contributed by atoms with E-state index in [-0.39, 0.29) is 5.91 Å². The number of morpholine rings is 1. The third kappa shape index (κ3) is 4.95. The van der Waals surface area contributed by atoms with Crippen molar-refractivity contribution in [3.8, 4) is 0 Å². The third-order valence-corrected chi connectivity index (χ3v) is 5.39. The van der Waals surface area contributed by atoms with Crippen LogP contribution >= 0.6 is 11.8 Å². The molecular weight excluding hydrogens is 378 g/mol. The monoisotopic (exact) mass is 401 g/mol. The zero-order valence-electron chi connectivity index (χ0n) is 15.6. The van der Waals surface area contributed by atoms with E-state index in [0.717, 1.165) is 50.4 Å². The number of nitrogens with one attached hydrogen (secondary N) is 1. The largest absolute Gasteiger partial charge is 0.455 e. The summed E-state index contributed by atoms with van der Waals surface area (Å²) in [6.45, 7) is 5.12. The number of oxazole rings is 1. The van der Waals surface area contributed by atoms with Crippen LogP contribution in [-0.2, 0) is 10.5 Å². The van der Waals surface area contributed by atoms with E-state index in [0.29, 0.717) is 29.0 Å². The number of nitrogens with zero attached hydrogens (tertiary/aromatic N) is 2. The molecule has 3 aromatic rings. The quantitative estimate of drug-likeness (QED) is 0.459. The number of rotatable bonds is 8. The van der Waals surface area contributed by atoms with E-state index < -0.39 is 0 Å². The summed E-state index contributed by atoms with van der Waals surface area (Å²) in [6.07, 6.45) is 0.910. The van der Waals surface area contributed by atoms with Gasteiger partial charge in [-0.1, -0.05) is 23.9 Å². The van der Waals surface area contributed by atoms with Gasteiger partial charge in [-0.25, -0.2) is 4.98 Å². The van der Waals surface area contributed by atoms with Gasteiger partial charge in [-0.05, 0) is 37.2 Å². The third-order valence-electron chi connectivity index (χ3n) is 4.54. The Hall–Kier alpha value is -2.29. The van der Waals surface area contributed by atoms with E-state index in [1.54, 1.807) is 6.07 Å². The molecule has 0 bridgehead atoms. The minimum Gasteiger partial charge on any atom is -0.455 e. The molecule has 0 radical (unpaired) electrons. The second-order valence-corrected chi connectivity index (χ2v) is 7.49. The van der Waals surface area contributed by atoms with Gasteiger partial charge in [0.2, 0.25) is 0 Å². The average molecular weight is 401 g/mol. The molecule has 0 unspecified atom stereocenters. The highest BCUT2D eigenvalue weighted by Crippen LogP contribution is 2.26. The molecule has 0 atom stereocenters. The Kier molecular flexibility index (Phi) is 6.31. The van der Waals surface area contributed by atoms with Crippen LogP contribution in [0, 0.1) is 0 Å². The highest BCUT2D eigenvalue weighted by molar-refractivity contribution is 7.98. The number of carbonyl (C=O) groups is 1. The first-order valence-electron chi connectivity index (χ1n) is 9.43. The lowest BCUT2D eigenvalue weighted by Crippen LogP contribution is -2.38. The van der Waals surface area contributed by atoms with Gasteiger partial charge in [-0.3, -0.25) is 9.69 Å². The first-order chi connectivity index (χ1) is 13.8. The van der Waals surface area contributed by atoms with Gasteiger partial charge in [0.05, 0.1) is 19.0 Å². The number of thioether (sulfide) groups is 1. The normalized spacial score (nSPS) is 15.1. The molecular formula is C20H23N3O4S. The van der Waals surface area contributed by atoms with Crippen LogP contribution in [0.2, 0.25) is 0 Å². The molecule has 4 rings (SSSR count). The van der Waals surface area contributed by atoms with Crippen molar-refractivity contribution in [2.24, 2.45) is 0 Å². The van der Waals surface area contributed by atoms with Gasteiger partial charge in [0.25, 0.3) is 11.1 Å². The predicted octanol–water partition coefficient (Wildman–Crippen LogP) is 3.17. The van der Waals surface area contributed by atoms with Crippen LogP contribution in [0.15, 0.2) is 50.5 Å². The van der Waals surface area contributed by atoms with Crippen molar-refractivity contribution in [3.05, 3.63) is 47.9 Å². The standard InChI is InChI=1S/C20H23N3O4S/c24-19(21-8-3-9-23-10-12-25-13-11-23)18-7-6-15(26-18)14-28-20-22-16-4-1-2-5-17(16)27-20/h1-2,4-7H,3,8-14H2,(H,21,24). The summed E-state index contributed by atoms with van der Waals surface area (Å²) < 4.78 is 16.7. The average Bonchev–Trinajstić information content (AvgIpc) is 3.37. The number of furan rings is 1. The Morgan fingerprint density at radius 1 is 1.14 bits per heavy atom. The zero-order chi connectivity index (χ0) is 19.2. The number of para-hydroxylation sites is 2. The number of carbonyl (C=O) groups excluding carboxylic acids is 1. The summed E-state index contributed by atoms with van der Waals surface area (Å²) >= 11 is 1.44. The van der Waals surface area contributed by atoms with Gasteiger partial charge in [-0.2, -0.15) is 0 Å². The number of benzene rings is 1. The molecule has 0 aliphatic carbocycles. The second-order valence-electron chi connectivity index (χ2n) is 6.57. The molecule has 148 valence electrons. The lowest BCUT2D eigenvalue weighted by Gasteiger charge is -2.26. The van der Waals surface area contributed by atoms with Gasteiger partial charge < -0.3 is 18.9 Å². The Balaban J connectivity index is 1.21. The van der Waals surface area contributed by atoms with Crippen molar-refractivity contribution < 1.29 is 18.4 Å². The lowest BCUT2D eigenvalue weighted by atomic mass is 10.3. The molecule has 1 N–H and O–H groups in total. The minimum atomic E-state index is -0.180. The van der Waals surface area contributed by atoms with E-state index in [9.17, 15) is 4.79 Å². The van der Waals surface area contributed by atoms with Crippen molar-refractivity contribution in [2.75, 3.05) is 39.4 Å². The van der Waals surface area contributed by atoms with Crippen LogP contribution in [0.3, 0.4) is 0 Å². The maximum absolute atomic E-state index is 12.2. The van der Waals surface area contributed by atoms with E-state index >= 15 is 0 Å². The summed E-state index contributed by atoms with van der Waals surface area (Å²) in [7, 11) is 0. The zero-order valence-corrected chi connectivity index (χ0v) is 16.4. The second kappa shape index (κ2) is 9.27. The Morgan fingerprint density at radius 3 is 2.86 bits per heavy atom. The van der Waals surface area contributed by atoms with Gasteiger partial charge in [0.1, 0.15) is 11.3 Å². The minimum absolute atomic E-state index is 0.180. The topological polar surface area (TPSA) is 80.7 Å². The van der Waals surface area contributed by atoms with Crippen LogP contribution in [0.1, 0.15) is 22.7 Å². The molecule has 1 aliphatic heterocycles. The summed E-state index contributed by atoms with van der Waals surface area (Å²) in [5, 5.41) is 3.50. The highest BCUT2D eigenvalue weighted by Gasteiger charge is 2.13. The smallest absolute Gasteiger partial charge is 0.286 e. The molecule has 0 saturated carbocycles. The number of fused-ring (bicyclic) bond motifs is 1. The van der Waals surface area contributed by atoms with E-state index in [1.807, 2.05) is 30.3 Å². The predicted molar refractivity (Wildman–Crippen MR) is 106 cm³/mol. The first-order valence-corrected chi connectivity index (χ1v) is 10.4. The van der Waals surface area contributed by atoms with Gasteiger partial charge >= 0.3 is 0 Å². The molecule has 1 amide bonds. The molecule has 1 saturated heterocycles. The Labute approximate surface area is 167 Å². The fourth-order valence-electron chi connectivity index (χ4n) is 3.04. The molecule has 7 nitrogen and oxygen atoms in total. The SMILES string of the molecule is O=C(NCCCN1CCOCC1)c1ccc(CSc2nc3ccccc3o2)o1. The van der Waals surface area contributed by atoms with Crippen molar-refractivity contribution in [2.45, 2.75) is 17.4 Å². The maximum Gasteiger partial charge on any atom is 0.286 e. The van der Waals surface area contributed by atoms with Crippen molar-refractivity contribution in [1.82, 2.24) is 15.2 Å². The van der Waals surface area contributed by atoms with Gasteiger partial charge in [0, 0.05) is 19.6 Å². The molecule has 1 fully saturated rings. The number of ether oxygens (including phenoxy) is 1. The van der Waals surface area contributed by atoms with Crippen molar-refractivity contribution >= 4 is 28.8 Å². The lowest BCUT2D eigenvalue weighted by molar-refractivity contribution is 0.0374. The molecule has 1 aromatic carbocycles. The molecule has 3 heterocycles. The number of amides is 1. The van der Waals surface area contributed by atoms with Gasteiger partial charge in [-0.15, -0.1) is 0 Å². The van der Waals surface area contributed by atoms with Crippen LogP contribution in [0.25, 0.3) is 11.1 Å². The number of aromatic nitrogens is 1. The van der Waals surface area contributed by atoms with Crippen LogP contribution < -0.4 is 5.32 Å². The fourth-order valence-corrected chi connectivity index (χ4v) is 3.77. The van der Waals surface area contributed by atoms with Crippen LogP contribution in [0.4, 0.5) is 0 Å². The fraction of sp³-hybridized carbons (Fsp3) is 0.400.